The van der Waals surface area contributed by atoms with Gasteiger partial charge in [-0.05, 0) is 51.6 Å². The molecule has 2 aliphatic carbocycles. The topological polar surface area (TPSA) is 41.3 Å². The van der Waals surface area contributed by atoms with Gasteiger partial charge in [-0.15, -0.1) is 0 Å². The molecule has 0 spiro atoms. The minimum Gasteiger partial charge on any atom is -0.302 e. The molecule has 3 unspecified atom stereocenters. The van der Waals surface area contributed by atoms with E-state index in [2.05, 4.69) is 31.3 Å². The number of nitrogens with two attached hydrogens (primary N) is 1. The van der Waals surface area contributed by atoms with Gasteiger partial charge in [-0.25, -0.2) is 0 Å². The molecule has 3 N–H and O–H groups in total. The van der Waals surface area contributed by atoms with Crippen molar-refractivity contribution in [1.29, 1.82) is 0 Å². The van der Waals surface area contributed by atoms with Gasteiger partial charge in [0.2, 0.25) is 0 Å². The van der Waals surface area contributed by atoms with Crippen LogP contribution in [0.5, 0.6) is 0 Å². The summed E-state index contributed by atoms with van der Waals surface area (Å²) in [5, 5.41) is 0. The summed E-state index contributed by atoms with van der Waals surface area (Å²) in [6.45, 7) is 2.40. The van der Waals surface area contributed by atoms with Gasteiger partial charge in [0.15, 0.2) is 0 Å². The predicted octanol–water partition coefficient (Wildman–Crippen LogP) is 2.52. The van der Waals surface area contributed by atoms with Crippen LogP contribution in [0.4, 0.5) is 0 Å². The monoisotopic (exact) mass is 253 g/mol. The first-order valence-corrected chi connectivity index (χ1v) is 7.73. The molecule has 2 fully saturated rings. The molecule has 18 heavy (non-hydrogen) atoms. The zero-order valence-corrected chi connectivity index (χ0v) is 12.4. The highest BCUT2D eigenvalue weighted by atomic mass is 15.3. The van der Waals surface area contributed by atoms with Crippen LogP contribution in [-0.2, 0) is 0 Å². The van der Waals surface area contributed by atoms with E-state index in [1.807, 2.05) is 0 Å². The number of hydrogen-bond acceptors (Lipinski definition) is 3. The van der Waals surface area contributed by atoms with Crippen LogP contribution < -0.4 is 11.3 Å². The molecule has 0 aromatic heterocycles. The van der Waals surface area contributed by atoms with Crippen LogP contribution in [0.25, 0.3) is 0 Å². The highest BCUT2D eigenvalue weighted by Gasteiger charge is 2.46. The van der Waals surface area contributed by atoms with Gasteiger partial charge >= 0.3 is 0 Å². The van der Waals surface area contributed by atoms with Gasteiger partial charge in [0.25, 0.3) is 0 Å². The second kappa shape index (κ2) is 5.89. The van der Waals surface area contributed by atoms with E-state index < -0.39 is 0 Å². The number of hydrogen-bond donors (Lipinski definition) is 2. The smallest absolute Gasteiger partial charge is 0.0422 e. The third kappa shape index (κ3) is 2.59. The van der Waals surface area contributed by atoms with Gasteiger partial charge in [-0.3, -0.25) is 11.3 Å². The molecule has 3 atom stereocenters. The molecule has 2 rings (SSSR count). The third-order valence-electron chi connectivity index (χ3n) is 5.53. The Labute approximate surface area is 112 Å². The largest absolute Gasteiger partial charge is 0.302 e. The molecule has 2 aliphatic rings. The molecule has 0 heterocycles. The Morgan fingerprint density at radius 1 is 1.17 bits per heavy atom. The highest BCUT2D eigenvalue weighted by Crippen LogP contribution is 2.43. The first kappa shape index (κ1) is 14.3. The number of rotatable bonds is 4. The quantitative estimate of drug-likeness (QED) is 0.597. The van der Waals surface area contributed by atoms with E-state index in [1.165, 1.54) is 51.4 Å². The number of likely N-dealkylation sites (N-methyl/N-ethyl adjacent to an activating group) is 1. The Balaban J connectivity index is 2.20. The van der Waals surface area contributed by atoms with Crippen LogP contribution in [0.1, 0.15) is 58.3 Å². The Hall–Kier alpha value is -0.120. The SMILES string of the molecule is CC1CCCC(C(NN)C2CCCC2)(N(C)C)C1. The van der Waals surface area contributed by atoms with Crippen LogP contribution in [0, 0.1) is 11.8 Å². The second-order valence-corrected chi connectivity index (χ2v) is 6.89. The number of nitrogens with zero attached hydrogens (tertiary/aromatic N) is 1. The summed E-state index contributed by atoms with van der Waals surface area (Å²) in [6.07, 6.45) is 10.8. The first-order chi connectivity index (χ1) is 8.60. The Bertz CT molecular complexity index is 260. The number of nitrogens with one attached hydrogen (secondary N) is 1. The van der Waals surface area contributed by atoms with Crippen LogP contribution in [-0.4, -0.2) is 30.6 Å². The van der Waals surface area contributed by atoms with E-state index in [9.17, 15) is 0 Å². The lowest BCUT2D eigenvalue weighted by Crippen LogP contribution is -2.64. The molecule has 0 aliphatic heterocycles. The normalized spacial score (nSPS) is 36.2. The van der Waals surface area contributed by atoms with Gasteiger partial charge < -0.3 is 4.90 Å². The molecule has 0 amide bonds. The van der Waals surface area contributed by atoms with E-state index in [1.54, 1.807) is 0 Å². The summed E-state index contributed by atoms with van der Waals surface area (Å²) in [7, 11) is 4.49. The summed E-state index contributed by atoms with van der Waals surface area (Å²) in [6, 6.07) is 0.470. The molecule has 0 radical (unpaired) electrons. The molecular formula is C15H31N3. The van der Waals surface area contributed by atoms with E-state index in [0.717, 1.165) is 11.8 Å². The predicted molar refractivity (Wildman–Crippen MR) is 77.1 cm³/mol. The van der Waals surface area contributed by atoms with Crippen LogP contribution in [0.15, 0.2) is 0 Å². The van der Waals surface area contributed by atoms with Crippen molar-refractivity contribution in [3.05, 3.63) is 0 Å². The fourth-order valence-electron chi connectivity index (χ4n) is 4.55. The average Bonchev–Trinajstić information content (AvgIpc) is 2.83. The first-order valence-electron chi connectivity index (χ1n) is 7.73. The number of hydrazine groups is 1. The zero-order valence-electron chi connectivity index (χ0n) is 12.4. The van der Waals surface area contributed by atoms with Gasteiger partial charge in [0, 0.05) is 11.6 Å². The maximum Gasteiger partial charge on any atom is 0.0422 e. The molecular weight excluding hydrogens is 222 g/mol. The van der Waals surface area contributed by atoms with Crippen molar-refractivity contribution in [3.8, 4) is 0 Å². The van der Waals surface area contributed by atoms with Crippen molar-refractivity contribution >= 4 is 0 Å². The van der Waals surface area contributed by atoms with E-state index in [0.29, 0.717) is 6.04 Å². The van der Waals surface area contributed by atoms with Crippen LogP contribution in [0.3, 0.4) is 0 Å². The van der Waals surface area contributed by atoms with Crippen LogP contribution in [0.2, 0.25) is 0 Å². The fraction of sp³-hybridized carbons (Fsp3) is 1.00. The maximum atomic E-state index is 5.98. The average molecular weight is 253 g/mol. The summed E-state index contributed by atoms with van der Waals surface area (Å²) in [5.41, 5.74) is 3.49. The van der Waals surface area contributed by atoms with E-state index >= 15 is 0 Å². The van der Waals surface area contributed by atoms with Crippen LogP contribution >= 0.6 is 0 Å². The third-order valence-corrected chi connectivity index (χ3v) is 5.53. The summed E-state index contributed by atoms with van der Waals surface area (Å²) >= 11 is 0. The molecule has 0 saturated heterocycles. The summed E-state index contributed by atoms with van der Waals surface area (Å²) in [5.74, 6) is 7.59. The second-order valence-electron chi connectivity index (χ2n) is 6.89. The Kier molecular flexibility index (Phi) is 4.68. The lowest BCUT2D eigenvalue weighted by molar-refractivity contribution is 0.0163. The summed E-state index contributed by atoms with van der Waals surface area (Å²) < 4.78 is 0. The van der Waals surface area contributed by atoms with Crippen molar-refractivity contribution in [1.82, 2.24) is 10.3 Å². The van der Waals surface area contributed by atoms with Crippen molar-refractivity contribution in [2.24, 2.45) is 17.7 Å². The lowest BCUT2D eigenvalue weighted by Gasteiger charge is -2.51. The van der Waals surface area contributed by atoms with Crippen molar-refractivity contribution < 1.29 is 0 Å². The Morgan fingerprint density at radius 3 is 2.33 bits per heavy atom. The zero-order chi connectivity index (χ0) is 13.2. The van der Waals surface area contributed by atoms with E-state index in [-0.39, 0.29) is 5.54 Å². The minimum atomic E-state index is 0.279. The lowest BCUT2D eigenvalue weighted by atomic mass is 9.68. The van der Waals surface area contributed by atoms with Gasteiger partial charge in [0.1, 0.15) is 0 Å². The standard InChI is InChI=1S/C15H31N3/c1-12-7-6-10-15(11-12,18(2)3)14(17-16)13-8-4-5-9-13/h12-14,17H,4-11,16H2,1-3H3. The molecule has 3 nitrogen and oxygen atoms in total. The van der Waals surface area contributed by atoms with Gasteiger partial charge in [-0.2, -0.15) is 0 Å². The molecule has 2 saturated carbocycles. The van der Waals surface area contributed by atoms with Crippen molar-refractivity contribution in [2.45, 2.75) is 69.9 Å². The maximum absolute atomic E-state index is 5.98. The molecule has 106 valence electrons. The van der Waals surface area contributed by atoms with Gasteiger partial charge in [0.05, 0.1) is 0 Å². The molecule has 3 heteroatoms. The van der Waals surface area contributed by atoms with Gasteiger partial charge in [-0.1, -0.05) is 32.6 Å². The minimum absolute atomic E-state index is 0.279. The van der Waals surface area contributed by atoms with Crippen molar-refractivity contribution in [2.75, 3.05) is 14.1 Å². The van der Waals surface area contributed by atoms with E-state index in [4.69, 9.17) is 5.84 Å². The fourth-order valence-corrected chi connectivity index (χ4v) is 4.55. The molecule has 0 aromatic carbocycles. The highest BCUT2D eigenvalue weighted by molar-refractivity contribution is 5.04. The molecule has 0 bridgehead atoms. The molecule has 0 aromatic rings. The van der Waals surface area contributed by atoms with Crippen molar-refractivity contribution in [3.63, 3.8) is 0 Å². The summed E-state index contributed by atoms with van der Waals surface area (Å²) in [4.78, 5) is 2.46. The Morgan fingerprint density at radius 2 is 1.83 bits per heavy atom.